The zero-order chi connectivity index (χ0) is 17.7. The Bertz CT molecular complexity index is 798. The summed E-state index contributed by atoms with van der Waals surface area (Å²) in [7, 11) is 0. The molecule has 4 atom stereocenters. The molecule has 1 aliphatic rings. The molecule has 2 aromatic heterocycles. The smallest absolute Gasteiger partial charge is 0.168 e. The van der Waals surface area contributed by atoms with Gasteiger partial charge in [-0.2, -0.15) is 0 Å². The van der Waals surface area contributed by atoms with Crippen molar-refractivity contribution in [3.8, 4) is 0 Å². The molecule has 0 saturated carbocycles. The number of aliphatic hydroxyl groups is 2. The first kappa shape index (κ1) is 17.4. The number of fused-ring (bicyclic) bond motifs is 1. The van der Waals surface area contributed by atoms with Crippen LogP contribution in [0, 0.1) is 0 Å². The Labute approximate surface area is 141 Å². The molecule has 0 spiro atoms. The van der Waals surface area contributed by atoms with E-state index < -0.39 is 30.9 Å². The molecular weight excluding hydrogens is 327 g/mol. The molecule has 3 rings (SSSR count). The van der Waals surface area contributed by atoms with E-state index in [1.807, 2.05) is 0 Å². The maximum absolute atomic E-state index is 10.8. The predicted octanol–water partition coefficient (Wildman–Crippen LogP) is 1.12. The third-order valence-electron chi connectivity index (χ3n) is 4.52. The predicted molar refractivity (Wildman–Crippen MR) is 97.9 cm³/mol. The van der Waals surface area contributed by atoms with Crippen LogP contribution in [-0.2, 0) is 4.74 Å². The van der Waals surface area contributed by atoms with Gasteiger partial charge in [-0.15, -0.1) is 13.2 Å². The molecular formula is C16H25N4O3P. The van der Waals surface area contributed by atoms with Crippen molar-refractivity contribution in [1.29, 1.82) is 0 Å². The van der Waals surface area contributed by atoms with Crippen LogP contribution in [0.5, 0.6) is 0 Å². The zero-order valence-corrected chi connectivity index (χ0v) is 15.1. The van der Waals surface area contributed by atoms with Gasteiger partial charge in [0.1, 0.15) is 17.2 Å². The minimum Gasteiger partial charge on any atom is -0.397 e. The van der Waals surface area contributed by atoms with Crippen LogP contribution < -0.4 is 5.73 Å². The highest BCUT2D eigenvalue weighted by Gasteiger charge is 2.53. The molecule has 1 aliphatic heterocycles. The molecule has 1 saturated heterocycles. The number of aromatic nitrogens is 3. The number of anilines is 1. The van der Waals surface area contributed by atoms with Crippen molar-refractivity contribution in [3.05, 3.63) is 18.6 Å². The monoisotopic (exact) mass is 352 g/mol. The minimum absolute atomic E-state index is 0.454. The highest BCUT2D eigenvalue weighted by Crippen LogP contribution is 2.43. The number of pyridine rings is 1. The van der Waals surface area contributed by atoms with Crippen LogP contribution in [0.1, 0.15) is 19.6 Å². The number of nitrogen functional groups attached to an aromatic ring is 1. The van der Waals surface area contributed by atoms with E-state index in [2.05, 4.69) is 29.6 Å². The van der Waals surface area contributed by atoms with Crippen LogP contribution in [0.25, 0.3) is 11.2 Å². The Morgan fingerprint density at radius 1 is 1.46 bits per heavy atom. The number of nitrogens with two attached hydrogens (primary N) is 1. The Morgan fingerprint density at radius 3 is 2.83 bits per heavy atom. The first-order chi connectivity index (χ1) is 11.1. The van der Waals surface area contributed by atoms with Crippen molar-refractivity contribution in [3.63, 3.8) is 0 Å². The number of hydrogen-bond donors (Lipinski definition) is 3. The number of imidazole rings is 1. The van der Waals surface area contributed by atoms with Crippen LogP contribution >= 0.6 is 6.89 Å². The highest BCUT2D eigenvalue weighted by atomic mass is 31.2. The van der Waals surface area contributed by atoms with Crippen molar-refractivity contribution in [2.24, 2.45) is 0 Å². The fraction of sp³-hybridized carbons (Fsp3) is 0.562. The molecule has 0 aromatic carbocycles. The maximum Gasteiger partial charge on any atom is 0.168 e. The van der Waals surface area contributed by atoms with E-state index in [1.165, 1.54) is 0 Å². The van der Waals surface area contributed by atoms with Gasteiger partial charge >= 0.3 is 0 Å². The number of nitrogens with zero attached hydrogens (tertiary/aromatic N) is 3. The molecule has 7 nitrogen and oxygen atoms in total. The van der Waals surface area contributed by atoms with Gasteiger partial charge in [0, 0.05) is 6.20 Å². The fourth-order valence-corrected chi connectivity index (χ4v) is 4.03. The normalized spacial score (nSPS) is 31.0. The average molecular weight is 352 g/mol. The first-order valence-electron chi connectivity index (χ1n) is 7.91. The zero-order valence-electron chi connectivity index (χ0n) is 14.3. The summed E-state index contributed by atoms with van der Waals surface area (Å²) in [6.07, 6.45) is 6.63. The van der Waals surface area contributed by atoms with Crippen molar-refractivity contribution in [2.45, 2.75) is 37.4 Å². The second kappa shape index (κ2) is 5.85. The molecule has 132 valence electrons. The van der Waals surface area contributed by atoms with Crippen molar-refractivity contribution >= 4 is 30.0 Å². The summed E-state index contributed by atoms with van der Waals surface area (Å²) in [5, 5.41) is 21.4. The van der Waals surface area contributed by atoms with E-state index in [0.29, 0.717) is 23.3 Å². The van der Waals surface area contributed by atoms with Gasteiger partial charge < -0.3 is 20.7 Å². The van der Waals surface area contributed by atoms with Gasteiger partial charge in [-0.1, -0.05) is 0 Å². The lowest BCUT2D eigenvalue weighted by Gasteiger charge is -2.27. The van der Waals surface area contributed by atoms with Crippen LogP contribution in [0.3, 0.4) is 0 Å². The summed E-state index contributed by atoms with van der Waals surface area (Å²) < 4.78 is 7.65. The second-order valence-corrected chi connectivity index (χ2v) is 11.7. The van der Waals surface area contributed by atoms with Crippen molar-refractivity contribution in [2.75, 3.05) is 25.2 Å². The van der Waals surface area contributed by atoms with Crippen LogP contribution in [0.4, 0.5) is 5.69 Å². The summed E-state index contributed by atoms with van der Waals surface area (Å²) in [6, 6.07) is 1.67. The summed E-state index contributed by atoms with van der Waals surface area (Å²) in [4.78, 5) is 8.55. The van der Waals surface area contributed by atoms with Crippen LogP contribution in [0.2, 0.25) is 0 Å². The van der Waals surface area contributed by atoms with Gasteiger partial charge in [-0.05, 0) is 38.9 Å². The molecule has 1 unspecified atom stereocenters. The van der Waals surface area contributed by atoms with Gasteiger partial charge in [0.15, 0.2) is 11.9 Å². The third-order valence-corrected chi connectivity index (χ3v) is 5.99. The largest absolute Gasteiger partial charge is 0.397 e. The lowest BCUT2D eigenvalue weighted by atomic mass is 9.95. The molecule has 2 aromatic rings. The lowest BCUT2D eigenvalue weighted by Crippen LogP contribution is -2.43. The van der Waals surface area contributed by atoms with Gasteiger partial charge in [0.05, 0.1) is 18.1 Å². The van der Waals surface area contributed by atoms with Crippen LogP contribution in [-0.4, -0.2) is 68.3 Å². The third kappa shape index (κ3) is 2.97. The minimum atomic E-state index is -1.45. The summed E-state index contributed by atoms with van der Waals surface area (Å²) >= 11 is 0. The Hall–Kier alpha value is -1.40. The van der Waals surface area contributed by atoms with Gasteiger partial charge in [-0.25, -0.2) is 9.97 Å². The number of aliphatic hydroxyl groups excluding tert-OH is 1. The number of hydrogen-bond acceptors (Lipinski definition) is 6. The van der Waals surface area contributed by atoms with E-state index in [0.717, 1.165) is 6.16 Å². The Balaban J connectivity index is 1.92. The first-order valence-corrected chi connectivity index (χ1v) is 11.0. The molecule has 0 amide bonds. The van der Waals surface area contributed by atoms with Crippen molar-refractivity contribution in [1.82, 2.24) is 14.5 Å². The summed E-state index contributed by atoms with van der Waals surface area (Å²) in [5.41, 5.74) is 6.06. The topological polar surface area (TPSA) is 106 Å². The molecule has 3 heterocycles. The highest BCUT2D eigenvalue weighted by molar-refractivity contribution is 7.72. The van der Waals surface area contributed by atoms with Crippen molar-refractivity contribution < 1.29 is 14.9 Å². The summed E-state index contributed by atoms with van der Waals surface area (Å²) in [6.45, 7) is 4.62. The number of rotatable bonds is 4. The molecule has 1 fully saturated rings. The van der Waals surface area contributed by atoms with Crippen LogP contribution in [0.15, 0.2) is 18.6 Å². The van der Waals surface area contributed by atoms with E-state index >= 15 is 0 Å². The molecule has 0 bridgehead atoms. The lowest BCUT2D eigenvalue weighted by molar-refractivity contribution is -0.0939. The van der Waals surface area contributed by atoms with E-state index in [9.17, 15) is 10.2 Å². The molecule has 24 heavy (non-hydrogen) atoms. The average Bonchev–Trinajstić information content (AvgIpc) is 2.99. The molecule has 0 aliphatic carbocycles. The molecule has 4 N–H and O–H groups in total. The fourth-order valence-electron chi connectivity index (χ4n) is 3.07. The quantitative estimate of drug-likeness (QED) is 0.712. The van der Waals surface area contributed by atoms with Gasteiger partial charge in [0.25, 0.3) is 0 Å². The van der Waals surface area contributed by atoms with Gasteiger partial charge in [-0.3, -0.25) is 4.57 Å². The second-order valence-electron chi connectivity index (χ2n) is 7.37. The maximum atomic E-state index is 10.8. The standard InChI is InChI=1S/C16H25N4O3P/c1-16(22)13(21)11(6-8-24(2,3)4)23-15(16)20-9-19-12-10(17)5-7-18-14(12)20/h5,7,9,11,13,15,21-22H,2,6,8H2,1,3-4H3,(H2,17,18)/t11-,13-,15?,16+/m1/s1. The summed E-state index contributed by atoms with van der Waals surface area (Å²) in [5.74, 6) is 0. The number of ether oxygens (including phenoxy) is 1. The Morgan fingerprint density at radius 2 is 2.17 bits per heavy atom. The van der Waals surface area contributed by atoms with E-state index in [1.54, 1.807) is 30.1 Å². The van der Waals surface area contributed by atoms with Gasteiger partial charge in [0.2, 0.25) is 0 Å². The molecule has 0 radical (unpaired) electrons. The molecule has 8 heteroatoms. The van der Waals surface area contributed by atoms with E-state index in [4.69, 9.17) is 10.5 Å². The van der Waals surface area contributed by atoms with E-state index in [-0.39, 0.29) is 0 Å². The Kier molecular flexibility index (Phi) is 4.24. The SMILES string of the molecule is C=P(C)(C)CC[C@H]1OC(n2cnc3c(N)ccnc32)[C@@](C)(O)[C@@H]1O.